The van der Waals surface area contributed by atoms with Crippen LogP contribution in [0.1, 0.15) is 11.3 Å². The van der Waals surface area contributed by atoms with Gasteiger partial charge in [-0.05, 0) is 35.9 Å². The standard InChI is InChI=1S/C22H19N5O2S/c28-20(13-16-5-2-1-3-6-16)26-22-25-18(15-30-22)14-21(29)24-17-7-9-19(10-8-17)27-12-4-11-23-27/h1-12,15H,13-14H2,(H,24,29)(H,25,26,28). The number of nitrogens with zero attached hydrogens (tertiary/aromatic N) is 3. The van der Waals surface area contributed by atoms with E-state index in [0.29, 0.717) is 16.5 Å². The Kier molecular flexibility index (Phi) is 5.95. The second kappa shape index (κ2) is 9.15. The first-order valence-corrected chi connectivity index (χ1v) is 10.2. The number of aromatic nitrogens is 3. The summed E-state index contributed by atoms with van der Waals surface area (Å²) in [4.78, 5) is 28.8. The largest absolute Gasteiger partial charge is 0.326 e. The van der Waals surface area contributed by atoms with Gasteiger partial charge in [-0.2, -0.15) is 5.10 Å². The summed E-state index contributed by atoms with van der Waals surface area (Å²) in [5, 5.41) is 12.1. The summed E-state index contributed by atoms with van der Waals surface area (Å²) in [6.45, 7) is 0. The summed E-state index contributed by atoms with van der Waals surface area (Å²) in [5.74, 6) is -0.307. The number of hydrogen-bond acceptors (Lipinski definition) is 5. The van der Waals surface area contributed by atoms with Crippen LogP contribution in [-0.2, 0) is 22.4 Å². The van der Waals surface area contributed by atoms with E-state index in [0.717, 1.165) is 11.3 Å². The van der Waals surface area contributed by atoms with Crippen LogP contribution in [0.5, 0.6) is 0 Å². The number of carbonyl (C=O) groups is 2. The Hall–Kier alpha value is -3.78. The molecule has 2 aromatic heterocycles. The zero-order valence-electron chi connectivity index (χ0n) is 16.0. The maximum Gasteiger partial charge on any atom is 0.230 e. The molecule has 8 heteroatoms. The summed E-state index contributed by atoms with van der Waals surface area (Å²) < 4.78 is 1.74. The number of anilines is 2. The van der Waals surface area contributed by atoms with E-state index >= 15 is 0 Å². The maximum atomic E-state index is 12.3. The number of rotatable bonds is 7. The van der Waals surface area contributed by atoms with E-state index in [1.807, 2.05) is 66.9 Å². The summed E-state index contributed by atoms with van der Waals surface area (Å²) in [5.41, 5.74) is 3.15. The number of thiazole rings is 1. The van der Waals surface area contributed by atoms with Gasteiger partial charge in [0.25, 0.3) is 0 Å². The highest BCUT2D eigenvalue weighted by atomic mass is 32.1. The molecule has 0 radical (unpaired) electrons. The van der Waals surface area contributed by atoms with Gasteiger partial charge in [0, 0.05) is 23.5 Å². The van der Waals surface area contributed by atoms with Crippen molar-refractivity contribution in [2.75, 3.05) is 10.6 Å². The molecule has 0 atom stereocenters. The molecule has 4 aromatic rings. The quantitative estimate of drug-likeness (QED) is 0.480. The molecule has 0 aliphatic heterocycles. The molecule has 2 amide bonds. The highest BCUT2D eigenvalue weighted by Gasteiger charge is 2.11. The molecule has 150 valence electrons. The van der Waals surface area contributed by atoms with Crippen molar-refractivity contribution in [3.8, 4) is 5.69 Å². The van der Waals surface area contributed by atoms with E-state index in [1.54, 1.807) is 16.3 Å². The number of nitrogens with one attached hydrogen (secondary N) is 2. The zero-order valence-corrected chi connectivity index (χ0v) is 16.8. The van der Waals surface area contributed by atoms with Crippen molar-refractivity contribution < 1.29 is 9.59 Å². The fourth-order valence-corrected chi connectivity index (χ4v) is 3.61. The predicted octanol–water partition coefficient (Wildman–Crippen LogP) is 3.69. The Bertz CT molecular complexity index is 1120. The highest BCUT2D eigenvalue weighted by Crippen LogP contribution is 2.17. The minimum atomic E-state index is -0.172. The SMILES string of the molecule is O=C(Cc1csc(NC(=O)Cc2ccccc2)n1)Nc1ccc(-n2cccn2)cc1. The molecule has 2 heterocycles. The molecular formula is C22H19N5O2S. The lowest BCUT2D eigenvalue weighted by molar-refractivity contribution is -0.116. The van der Waals surface area contributed by atoms with Gasteiger partial charge in [0.1, 0.15) is 0 Å². The van der Waals surface area contributed by atoms with E-state index in [2.05, 4.69) is 20.7 Å². The Morgan fingerprint density at radius 1 is 0.900 bits per heavy atom. The summed E-state index contributed by atoms with van der Waals surface area (Å²) in [6.07, 6.45) is 3.98. The van der Waals surface area contributed by atoms with Gasteiger partial charge < -0.3 is 10.6 Å². The molecule has 0 spiro atoms. The summed E-state index contributed by atoms with van der Waals surface area (Å²) in [6, 6.07) is 18.8. The smallest absolute Gasteiger partial charge is 0.230 e. The number of hydrogen-bond donors (Lipinski definition) is 2. The molecule has 2 aromatic carbocycles. The molecule has 30 heavy (non-hydrogen) atoms. The van der Waals surface area contributed by atoms with Crippen LogP contribution in [0.4, 0.5) is 10.8 Å². The molecule has 0 saturated heterocycles. The molecule has 4 rings (SSSR count). The van der Waals surface area contributed by atoms with Gasteiger partial charge in [0.15, 0.2) is 5.13 Å². The van der Waals surface area contributed by atoms with E-state index in [1.165, 1.54) is 11.3 Å². The highest BCUT2D eigenvalue weighted by molar-refractivity contribution is 7.13. The third-order valence-electron chi connectivity index (χ3n) is 4.27. The fourth-order valence-electron chi connectivity index (χ4n) is 2.88. The van der Waals surface area contributed by atoms with Gasteiger partial charge in [0.05, 0.1) is 24.2 Å². The minimum absolute atomic E-state index is 0.131. The molecule has 0 bridgehead atoms. The lowest BCUT2D eigenvalue weighted by Gasteiger charge is -2.06. The van der Waals surface area contributed by atoms with Crippen LogP contribution in [-0.4, -0.2) is 26.6 Å². The topological polar surface area (TPSA) is 88.9 Å². The lowest BCUT2D eigenvalue weighted by atomic mass is 10.1. The predicted molar refractivity (Wildman–Crippen MR) is 117 cm³/mol. The van der Waals surface area contributed by atoms with Gasteiger partial charge in [-0.1, -0.05) is 30.3 Å². The average Bonchev–Trinajstić information content (AvgIpc) is 3.42. The van der Waals surface area contributed by atoms with Crippen LogP contribution in [0.2, 0.25) is 0 Å². The second-order valence-electron chi connectivity index (χ2n) is 6.58. The van der Waals surface area contributed by atoms with Crippen LogP contribution < -0.4 is 10.6 Å². The second-order valence-corrected chi connectivity index (χ2v) is 7.44. The van der Waals surface area contributed by atoms with Gasteiger partial charge >= 0.3 is 0 Å². The van der Waals surface area contributed by atoms with Crippen molar-refractivity contribution in [3.05, 3.63) is 89.7 Å². The van der Waals surface area contributed by atoms with Gasteiger partial charge in [-0.3, -0.25) is 9.59 Å². The van der Waals surface area contributed by atoms with E-state index in [9.17, 15) is 9.59 Å². The Morgan fingerprint density at radius 3 is 2.40 bits per heavy atom. The zero-order chi connectivity index (χ0) is 20.8. The van der Waals surface area contributed by atoms with Gasteiger partial charge in [-0.15, -0.1) is 11.3 Å². The van der Waals surface area contributed by atoms with Crippen LogP contribution in [0.15, 0.2) is 78.4 Å². The van der Waals surface area contributed by atoms with Gasteiger partial charge in [0.2, 0.25) is 11.8 Å². The van der Waals surface area contributed by atoms with E-state index in [4.69, 9.17) is 0 Å². The third-order valence-corrected chi connectivity index (χ3v) is 5.07. The molecule has 7 nitrogen and oxygen atoms in total. The minimum Gasteiger partial charge on any atom is -0.326 e. The van der Waals surface area contributed by atoms with Crippen LogP contribution in [0, 0.1) is 0 Å². The first-order chi connectivity index (χ1) is 14.7. The molecule has 2 N–H and O–H groups in total. The van der Waals surface area contributed by atoms with Crippen molar-refractivity contribution >= 4 is 34.0 Å². The number of benzene rings is 2. The Balaban J connectivity index is 1.29. The molecule has 0 unspecified atom stereocenters. The Morgan fingerprint density at radius 2 is 1.67 bits per heavy atom. The van der Waals surface area contributed by atoms with Crippen molar-refractivity contribution in [3.63, 3.8) is 0 Å². The number of amides is 2. The molecule has 0 aliphatic carbocycles. The van der Waals surface area contributed by atoms with Crippen LogP contribution in [0.3, 0.4) is 0 Å². The fraction of sp³-hybridized carbons (Fsp3) is 0.0909. The first-order valence-electron chi connectivity index (χ1n) is 9.34. The summed E-state index contributed by atoms with van der Waals surface area (Å²) in [7, 11) is 0. The average molecular weight is 417 g/mol. The molecule has 0 saturated carbocycles. The van der Waals surface area contributed by atoms with E-state index < -0.39 is 0 Å². The third kappa shape index (κ3) is 5.18. The first kappa shape index (κ1) is 19.5. The lowest BCUT2D eigenvalue weighted by Crippen LogP contribution is -2.16. The van der Waals surface area contributed by atoms with Crippen molar-refractivity contribution in [2.24, 2.45) is 0 Å². The monoisotopic (exact) mass is 417 g/mol. The normalized spacial score (nSPS) is 10.5. The Labute approximate surface area is 177 Å². The van der Waals surface area contributed by atoms with Crippen LogP contribution >= 0.6 is 11.3 Å². The van der Waals surface area contributed by atoms with Crippen molar-refractivity contribution in [1.82, 2.24) is 14.8 Å². The van der Waals surface area contributed by atoms with Gasteiger partial charge in [-0.25, -0.2) is 9.67 Å². The number of carbonyl (C=O) groups excluding carboxylic acids is 2. The molecule has 0 aliphatic rings. The molecule has 0 fully saturated rings. The van der Waals surface area contributed by atoms with Crippen molar-refractivity contribution in [1.29, 1.82) is 0 Å². The molecular weight excluding hydrogens is 398 g/mol. The maximum absolute atomic E-state index is 12.3. The van der Waals surface area contributed by atoms with E-state index in [-0.39, 0.29) is 24.7 Å². The van der Waals surface area contributed by atoms with Crippen molar-refractivity contribution in [2.45, 2.75) is 12.8 Å². The van der Waals surface area contributed by atoms with Crippen LogP contribution in [0.25, 0.3) is 5.69 Å². The summed E-state index contributed by atoms with van der Waals surface area (Å²) >= 11 is 1.30.